The normalized spacial score (nSPS) is 45.1. The molecule has 3 atom stereocenters. The molecule has 0 radical (unpaired) electrons. The van der Waals surface area contributed by atoms with E-state index in [-0.39, 0.29) is 17.9 Å². The van der Waals surface area contributed by atoms with E-state index in [2.05, 4.69) is 5.32 Å². The molecule has 5 fully saturated rings. The van der Waals surface area contributed by atoms with E-state index in [4.69, 9.17) is 0 Å². The Kier molecular flexibility index (Phi) is 3.10. The molecule has 4 saturated carbocycles. The quantitative estimate of drug-likeness (QED) is 0.866. The van der Waals surface area contributed by atoms with Crippen LogP contribution in [-0.4, -0.2) is 34.2 Å². The fourth-order valence-corrected chi connectivity index (χ4v) is 6.61. The lowest BCUT2D eigenvalue weighted by Gasteiger charge is -2.61. The fourth-order valence-electron chi connectivity index (χ4n) is 6.61. The molecular weight excluding hydrogens is 319 g/mol. The number of aliphatic hydroxyl groups is 1. The summed E-state index contributed by atoms with van der Waals surface area (Å²) < 4.78 is 14.6. The molecule has 0 spiro atoms. The third-order valence-electron chi connectivity index (χ3n) is 7.28. The minimum atomic E-state index is -0.676. The molecule has 1 aromatic carbocycles. The van der Waals surface area contributed by atoms with Gasteiger partial charge in [-0.15, -0.1) is 0 Å². The van der Waals surface area contributed by atoms with Gasteiger partial charge in [0, 0.05) is 18.2 Å². The third-order valence-corrected chi connectivity index (χ3v) is 7.28. The first-order valence-electron chi connectivity index (χ1n) is 9.44. The molecule has 3 unspecified atom stereocenters. The van der Waals surface area contributed by atoms with Gasteiger partial charge in [0.25, 0.3) is 0 Å². The number of carbonyl (C=O) groups is 1. The van der Waals surface area contributed by atoms with Gasteiger partial charge in [0.2, 0.25) is 0 Å². The lowest BCUT2D eigenvalue weighted by Crippen LogP contribution is -2.64. The molecule has 1 heterocycles. The van der Waals surface area contributed by atoms with Crippen LogP contribution in [-0.2, 0) is 5.54 Å². The summed E-state index contributed by atoms with van der Waals surface area (Å²) in [6.45, 7) is 2.40. The highest BCUT2D eigenvalue weighted by atomic mass is 19.1. The van der Waals surface area contributed by atoms with E-state index in [0.717, 1.165) is 32.1 Å². The van der Waals surface area contributed by atoms with Crippen molar-refractivity contribution in [2.24, 2.45) is 17.8 Å². The van der Waals surface area contributed by atoms with Crippen molar-refractivity contribution in [1.82, 2.24) is 10.2 Å². The minimum absolute atomic E-state index is 0.0878. The number of nitrogens with one attached hydrogen (secondary N) is 1. The first-order valence-corrected chi connectivity index (χ1v) is 9.44. The second-order valence-corrected chi connectivity index (χ2v) is 8.97. The molecular formula is C20H25FN2O2. The summed E-state index contributed by atoms with van der Waals surface area (Å²) in [5, 5.41) is 13.8. The molecule has 6 rings (SSSR count). The van der Waals surface area contributed by atoms with E-state index in [0.29, 0.717) is 29.9 Å². The van der Waals surface area contributed by atoms with Crippen molar-refractivity contribution in [3.8, 4) is 0 Å². The van der Waals surface area contributed by atoms with Gasteiger partial charge in [0.1, 0.15) is 5.82 Å². The van der Waals surface area contributed by atoms with E-state index in [9.17, 15) is 14.3 Å². The second kappa shape index (κ2) is 4.97. The molecule has 2 N–H and O–H groups in total. The average molecular weight is 344 g/mol. The van der Waals surface area contributed by atoms with Gasteiger partial charge in [-0.1, -0.05) is 18.2 Å². The van der Waals surface area contributed by atoms with E-state index in [1.54, 1.807) is 12.1 Å². The number of nitrogens with zero attached hydrogens (tertiary/aromatic N) is 1. The standard InChI is InChI=1S/C20H25FN2O2/c1-19(15-4-2-3-5-16(15)21)11-22-18(24)23(19)17-13-6-12-7-14(17)10-20(25,8-12)9-13/h2-5,12-14,17,25H,6-11H2,1H3,(H,22,24). The summed E-state index contributed by atoms with van der Waals surface area (Å²) in [4.78, 5) is 14.7. The second-order valence-electron chi connectivity index (χ2n) is 8.97. The Balaban J connectivity index is 1.56. The third kappa shape index (κ3) is 2.11. The van der Waals surface area contributed by atoms with Gasteiger partial charge in [0.05, 0.1) is 11.1 Å². The molecule has 4 aliphatic carbocycles. The van der Waals surface area contributed by atoms with Crippen molar-refractivity contribution in [3.05, 3.63) is 35.6 Å². The van der Waals surface area contributed by atoms with E-state index < -0.39 is 11.1 Å². The number of hydrogen-bond donors (Lipinski definition) is 2. The number of amides is 2. The van der Waals surface area contributed by atoms with Crippen LogP contribution in [0, 0.1) is 23.6 Å². The van der Waals surface area contributed by atoms with Crippen molar-refractivity contribution in [2.75, 3.05) is 6.54 Å². The monoisotopic (exact) mass is 344 g/mol. The predicted molar refractivity (Wildman–Crippen MR) is 91.3 cm³/mol. The van der Waals surface area contributed by atoms with Gasteiger partial charge in [0.15, 0.2) is 0 Å². The fraction of sp³-hybridized carbons (Fsp3) is 0.650. The molecule has 5 heteroatoms. The van der Waals surface area contributed by atoms with Gasteiger partial charge < -0.3 is 15.3 Å². The van der Waals surface area contributed by atoms with Crippen LogP contribution in [0.15, 0.2) is 24.3 Å². The van der Waals surface area contributed by atoms with Crippen LogP contribution >= 0.6 is 0 Å². The molecule has 1 aromatic rings. The number of rotatable bonds is 2. The Hall–Kier alpha value is -1.62. The van der Waals surface area contributed by atoms with Gasteiger partial charge >= 0.3 is 6.03 Å². The summed E-state index contributed by atoms with van der Waals surface area (Å²) in [7, 11) is 0. The molecule has 4 bridgehead atoms. The minimum Gasteiger partial charge on any atom is -0.390 e. The maximum Gasteiger partial charge on any atom is 0.318 e. The van der Waals surface area contributed by atoms with Crippen LogP contribution in [0.2, 0.25) is 0 Å². The highest BCUT2D eigenvalue weighted by Crippen LogP contribution is 2.58. The summed E-state index contributed by atoms with van der Waals surface area (Å²) in [5.41, 5.74) is -0.622. The summed E-state index contributed by atoms with van der Waals surface area (Å²) in [6.07, 6.45) is 4.65. The molecule has 134 valence electrons. The Morgan fingerprint density at radius 3 is 2.52 bits per heavy atom. The van der Waals surface area contributed by atoms with Gasteiger partial charge in [-0.2, -0.15) is 0 Å². The van der Waals surface area contributed by atoms with Crippen molar-refractivity contribution in [1.29, 1.82) is 0 Å². The Bertz CT molecular complexity index is 722. The highest BCUT2D eigenvalue weighted by molar-refractivity contribution is 5.79. The highest BCUT2D eigenvalue weighted by Gasteiger charge is 2.60. The molecule has 1 saturated heterocycles. The van der Waals surface area contributed by atoms with E-state index in [1.165, 1.54) is 6.07 Å². The summed E-state index contributed by atoms with van der Waals surface area (Å²) in [6, 6.07) is 6.81. The first kappa shape index (κ1) is 15.6. The van der Waals surface area contributed by atoms with Crippen LogP contribution in [0.5, 0.6) is 0 Å². The number of hydrogen-bond acceptors (Lipinski definition) is 2. The van der Waals surface area contributed by atoms with Gasteiger partial charge in [-0.05, 0) is 62.8 Å². The number of urea groups is 1. The van der Waals surface area contributed by atoms with Crippen molar-refractivity contribution < 1.29 is 14.3 Å². The molecule has 25 heavy (non-hydrogen) atoms. The number of carbonyl (C=O) groups excluding carboxylic acids is 1. The van der Waals surface area contributed by atoms with Crippen LogP contribution in [0.1, 0.15) is 44.6 Å². The van der Waals surface area contributed by atoms with Crippen molar-refractivity contribution in [2.45, 2.75) is 56.2 Å². The maximum absolute atomic E-state index is 14.6. The zero-order valence-corrected chi connectivity index (χ0v) is 14.5. The topological polar surface area (TPSA) is 52.6 Å². The lowest BCUT2D eigenvalue weighted by atomic mass is 9.51. The average Bonchev–Trinajstić information content (AvgIpc) is 2.83. The lowest BCUT2D eigenvalue weighted by molar-refractivity contribution is -0.161. The maximum atomic E-state index is 14.6. The Morgan fingerprint density at radius 2 is 1.88 bits per heavy atom. The Labute approximate surface area is 147 Å². The summed E-state index contributed by atoms with van der Waals surface area (Å²) in [5.74, 6) is 0.982. The smallest absolute Gasteiger partial charge is 0.318 e. The molecule has 2 amide bonds. The zero-order chi connectivity index (χ0) is 17.4. The van der Waals surface area contributed by atoms with Gasteiger partial charge in [-0.3, -0.25) is 0 Å². The van der Waals surface area contributed by atoms with E-state index >= 15 is 0 Å². The molecule has 5 aliphatic rings. The van der Waals surface area contributed by atoms with Crippen molar-refractivity contribution >= 4 is 6.03 Å². The number of halogens is 1. The first-order chi connectivity index (χ1) is 11.9. The van der Waals surface area contributed by atoms with Crippen LogP contribution < -0.4 is 5.32 Å². The Morgan fingerprint density at radius 1 is 1.20 bits per heavy atom. The SMILES string of the molecule is CC1(c2ccccc2F)CNC(=O)N1C1C2CC3CC1CC(O)(C3)C2. The molecule has 4 nitrogen and oxygen atoms in total. The van der Waals surface area contributed by atoms with Crippen molar-refractivity contribution in [3.63, 3.8) is 0 Å². The van der Waals surface area contributed by atoms with Gasteiger partial charge in [-0.25, -0.2) is 9.18 Å². The summed E-state index contributed by atoms with van der Waals surface area (Å²) >= 11 is 0. The predicted octanol–water partition coefficient (Wildman–Crippen LogP) is 3.01. The van der Waals surface area contributed by atoms with E-state index in [1.807, 2.05) is 17.9 Å². The largest absolute Gasteiger partial charge is 0.390 e. The molecule has 0 aromatic heterocycles. The zero-order valence-electron chi connectivity index (χ0n) is 14.5. The number of benzene rings is 1. The van der Waals surface area contributed by atoms with Crippen LogP contribution in [0.4, 0.5) is 9.18 Å². The molecule has 1 aliphatic heterocycles. The van der Waals surface area contributed by atoms with Crippen LogP contribution in [0.25, 0.3) is 0 Å². The van der Waals surface area contributed by atoms with Crippen LogP contribution in [0.3, 0.4) is 0 Å².